The van der Waals surface area contributed by atoms with Crippen LogP contribution in [0.4, 0.5) is 10.5 Å². The number of nitrogens with zero attached hydrogens (tertiary/aromatic N) is 1. The van der Waals surface area contributed by atoms with E-state index in [1.54, 1.807) is 20.8 Å². The number of anilines is 1. The number of hydrogen-bond acceptors (Lipinski definition) is 5. The molecule has 0 aliphatic carbocycles. The summed E-state index contributed by atoms with van der Waals surface area (Å²) >= 11 is 0. The molecule has 0 aliphatic rings. The molecule has 1 amide bonds. The van der Waals surface area contributed by atoms with Gasteiger partial charge in [-0.3, -0.25) is 0 Å². The summed E-state index contributed by atoms with van der Waals surface area (Å²) in [6.07, 6.45) is -0.784. The van der Waals surface area contributed by atoms with E-state index in [1.807, 2.05) is 43.3 Å². The average Bonchev–Trinajstić information content (AvgIpc) is 2.44. The number of nitrogens with one attached hydrogen (secondary N) is 1. The SMILES string of the molecule is CN(C)c1cccc(COC[C@H](NC(=O)OC(C)(C)C)C(=O)O)c1. The van der Waals surface area contributed by atoms with Crippen molar-refractivity contribution in [3.05, 3.63) is 29.8 Å². The van der Waals surface area contributed by atoms with Gasteiger partial charge in [-0.1, -0.05) is 12.1 Å². The van der Waals surface area contributed by atoms with Crippen LogP contribution in [0, 0.1) is 0 Å². The second-order valence-electron chi connectivity index (χ2n) is 6.62. The van der Waals surface area contributed by atoms with Gasteiger partial charge in [0.1, 0.15) is 5.60 Å². The normalized spacial score (nSPS) is 12.4. The second-order valence-corrected chi connectivity index (χ2v) is 6.62. The average molecular weight is 338 g/mol. The number of carboxylic acids is 1. The Kier molecular flexibility index (Phi) is 7.03. The van der Waals surface area contributed by atoms with Crippen LogP contribution in [-0.4, -0.2) is 49.5 Å². The number of benzene rings is 1. The molecular formula is C17H26N2O5. The lowest BCUT2D eigenvalue weighted by Crippen LogP contribution is -2.46. The molecule has 0 radical (unpaired) electrons. The largest absolute Gasteiger partial charge is 0.480 e. The number of carbonyl (C=O) groups excluding carboxylic acids is 1. The number of ether oxygens (including phenoxy) is 2. The molecular weight excluding hydrogens is 312 g/mol. The molecule has 0 heterocycles. The highest BCUT2D eigenvalue weighted by molar-refractivity contribution is 5.80. The molecule has 0 spiro atoms. The second kappa shape index (κ2) is 8.54. The zero-order chi connectivity index (χ0) is 18.3. The van der Waals surface area contributed by atoms with Crippen molar-refractivity contribution in [2.45, 2.75) is 39.0 Å². The third-order valence-electron chi connectivity index (χ3n) is 2.97. The minimum atomic E-state index is -1.18. The van der Waals surface area contributed by atoms with Crippen LogP contribution in [0.3, 0.4) is 0 Å². The summed E-state index contributed by atoms with van der Waals surface area (Å²) in [6, 6.07) is 6.55. The highest BCUT2D eigenvalue weighted by Crippen LogP contribution is 2.14. The van der Waals surface area contributed by atoms with Crippen LogP contribution < -0.4 is 10.2 Å². The molecule has 7 nitrogen and oxygen atoms in total. The van der Waals surface area contributed by atoms with Gasteiger partial charge in [-0.2, -0.15) is 0 Å². The highest BCUT2D eigenvalue weighted by Gasteiger charge is 2.24. The fourth-order valence-corrected chi connectivity index (χ4v) is 1.84. The molecule has 0 saturated carbocycles. The molecule has 0 fully saturated rings. The fraction of sp³-hybridized carbons (Fsp3) is 0.529. The Morgan fingerprint density at radius 3 is 2.50 bits per heavy atom. The van der Waals surface area contributed by atoms with E-state index in [0.717, 1.165) is 11.3 Å². The van der Waals surface area contributed by atoms with Crippen molar-refractivity contribution in [3.8, 4) is 0 Å². The standard InChI is InChI=1S/C17H26N2O5/c1-17(2,3)24-16(22)18-14(15(20)21)11-23-10-12-7-6-8-13(9-12)19(4)5/h6-9,14H,10-11H2,1-5H3,(H,18,22)(H,20,21)/t14-/m0/s1. The molecule has 1 rings (SSSR count). The number of amides is 1. The van der Waals surface area contributed by atoms with Gasteiger partial charge in [-0.15, -0.1) is 0 Å². The summed E-state index contributed by atoms with van der Waals surface area (Å²) in [5.41, 5.74) is 1.25. The van der Waals surface area contributed by atoms with E-state index >= 15 is 0 Å². The first-order valence-corrected chi connectivity index (χ1v) is 7.65. The molecule has 7 heteroatoms. The van der Waals surface area contributed by atoms with Gasteiger partial charge in [0.2, 0.25) is 0 Å². The van der Waals surface area contributed by atoms with Gasteiger partial charge in [0, 0.05) is 19.8 Å². The maximum atomic E-state index is 11.7. The van der Waals surface area contributed by atoms with Crippen LogP contribution in [-0.2, 0) is 20.9 Å². The number of carbonyl (C=O) groups is 2. The molecule has 0 aromatic heterocycles. The quantitative estimate of drug-likeness (QED) is 0.793. The first-order valence-electron chi connectivity index (χ1n) is 7.65. The monoisotopic (exact) mass is 338 g/mol. The molecule has 0 aliphatic heterocycles. The highest BCUT2D eigenvalue weighted by atomic mass is 16.6. The van der Waals surface area contributed by atoms with E-state index < -0.39 is 23.7 Å². The maximum Gasteiger partial charge on any atom is 0.408 e. The Hall–Kier alpha value is -2.28. The molecule has 0 bridgehead atoms. The van der Waals surface area contributed by atoms with Crippen molar-refractivity contribution >= 4 is 17.7 Å². The molecule has 24 heavy (non-hydrogen) atoms. The molecule has 1 aromatic carbocycles. The van der Waals surface area contributed by atoms with Crippen LogP contribution in [0.1, 0.15) is 26.3 Å². The van der Waals surface area contributed by atoms with Crippen molar-refractivity contribution in [1.29, 1.82) is 0 Å². The van der Waals surface area contributed by atoms with E-state index in [9.17, 15) is 14.7 Å². The molecule has 1 atom stereocenters. The Morgan fingerprint density at radius 2 is 1.96 bits per heavy atom. The summed E-state index contributed by atoms with van der Waals surface area (Å²) in [7, 11) is 3.87. The Bertz CT molecular complexity index is 566. The van der Waals surface area contributed by atoms with Crippen LogP contribution in [0.5, 0.6) is 0 Å². The van der Waals surface area contributed by atoms with Crippen molar-refractivity contribution < 1.29 is 24.2 Å². The van der Waals surface area contributed by atoms with Gasteiger partial charge >= 0.3 is 12.1 Å². The third kappa shape index (κ3) is 7.32. The van der Waals surface area contributed by atoms with Crippen LogP contribution >= 0.6 is 0 Å². The summed E-state index contributed by atoms with van der Waals surface area (Å²) in [5.74, 6) is -1.18. The minimum absolute atomic E-state index is 0.152. The van der Waals surface area contributed by atoms with Gasteiger partial charge < -0.3 is 24.8 Å². The number of alkyl carbamates (subject to hydrolysis) is 1. The minimum Gasteiger partial charge on any atom is -0.480 e. The van der Waals surface area contributed by atoms with Crippen molar-refractivity contribution in [2.24, 2.45) is 0 Å². The topological polar surface area (TPSA) is 88.1 Å². The van der Waals surface area contributed by atoms with Gasteiger partial charge in [0.05, 0.1) is 13.2 Å². The van der Waals surface area contributed by atoms with Gasteiger partial charge in [-0.25, -0.2) is 9.59 Å². The predicted molar refractivity (Wildman–Crippen MR) is 91.2 cm³/mol. The summed E-state index contributed by atoms with van der Waals surface area (Å²) < 4.78 is 10.5. The summed E-state index contributed by atoms with van der Waals surface area (Å²) in [5, 5.41) is 11.5. The molecule has 2 N–H and O–H groups in total. The Balaban J connectivity index is 2.54. The number of rotatable bonds is 7. The molecule has 0 saturated heterocycles. The lowest BCUT2D eigenvalue weighted by atomic mass is 10.2. The van der Waals surface area contributed by atoms with Crippen molar-refractivity contribution in [2.75, 3.05) is 25.6 Å². The van der Waals surface area contributed by atoms with E-state index in [-0.39, 0.29) is 13.2 Å². The van der Waals surface area contributed by atoms with Gasteiger partial charge in [0.15, 0.2) is 6.04 Å². The van der Waals surface area contributed by atoms with Crippen molar-refractivity contribution in [3.63, 3.8) is 0 Å². The van der Waals surface area contributed by atoms with Crippen LogP contribution in [0.15, 0.2) is 24.3 Å². The number of aliphatic carboxylic acids is 1. The van der Waals surface area contributed by atoms with Gasteiger partial charge in [-0.05, 0) is 38.5 Å². The predicted octanol–water partition coefficient (Wildman–Crippen LogP) is 2.25. The van der Waals surface area contributed by atoms with Crippen LogP contribution in [0.2, 0.25) is 0 Å². The first kappa shape index (κ1) is 19.8. The van der Waals surface area contributed by atoms with Crippen LogP contribution in [0.25, 0.3) is 0 Å². The maximum absolute atomic E-state index is 11.7. The lowest BCUT2D eigenvalue weighted by molar-refractivity contribution is -0.141. The third-order valence-corrected chi connectivity index (χ3v) is 2.97. The molecule has 1 aromatic rings. The molecule has 134 valence electrons. The molecule has 0 unspecified atom stereocenters. The lowest BCUT2D eigenvalue weighted by Gasteiger charge is -2.22. The van der Waals surface area contributed by atoms with E-state index in [0.29, 0.717) is 0 Å². The number of carboxylic acid groups (broad SMARTS) is 1. The number of hydrogen-bond donors (Lipinski definition) is 2. The zero-order valence-corrected chi connectivity index (χ0v) is 14.8. The van der Waals surface area contributed by atoms with E-state index in [4.69, 9.17) is 9.47 Å². The van der Waals surface area contributed by atoms with E-state index in [1.165, 1.54) is 0 Å². The Morgan fingerprint density at radius 1 is 1.29 bits per heavy atom. The first-order chi connectivity index (χ1) is 11.1. The summed E-state index contributed by atoms with van der Waals surface area (Å²) in [4.78, 5) is 24.9. The zero-order valence-electron chi connectivity index (χ0n) is 14.8. The fourth-order valence-electron chi connectivity index (χ4n) is 1.84. The smallest absolute Gasteiger partial charge is 0.408 e. The van der Waals surface area contributed by atoms with Crippen molar-refractivity contribution in [1.82, 2.24) is 5.32 Å². The van der Waals surface area contributed by atoms with Gasteiger partial charge in [0.25, 0.3) is 0 Å². The Labute approximate surface area is 142 Å². The summed E-state index contributed by atoms with van der Waals surface area (Å²) in [6.45, 7) is 5.21. The van der Waals surface area contributed by atoms with E-state index in [2.05, 4.69) is 5.32 Å².